The number of H-pyrrole nitrogens is 2. The van der Waals surface area contributed by atoms with E-state index in [4.69, 9.17) is 9.97 Å². The van der Waals surface area contributed by atoms with Crippen LogP contribution in [0.15, 0.2) is 60.9 Å². The fourth-order valence-corrected chi connectivity index (χ4v) is 5.08. The molecule has 48 heavy (non-hydrogen) atoms. The van der Waals surface area contributed by atoms with Crippen LogP contribution >= 0.6 is 0 Å². The van der Waals surface area contributed by atoms with E-state index in [1.165, 1.54) is 0 Å². The molecule has 6 N–H and O–H groups in total. The van der Waals surface area contributed by atoms with Crippen LogP contribution in [0.25, 0.3) is 33.6 Å². The fraction of sp³-hybridized carbons (Fsp3) is 0.474. The van der Waals surface area contributed by atoms with Gasteiger partial charge in [-0.2, -0.15) is 0 Å². The number of imidazole rings is 2. The number of aromatic amines is 2. The molecule has 10 nitrogen and oxygen atoms in total. The summed E-state index contributed by atoms with van der Waals surface area (Å²) in [6, 6.07) is 15.2. The highest BCUT2D eigenvalue weighted by Gasteiger charge is 2.37. The molecule has 0 saturated heterocycles. The Labute approximate surface area is 284 Å². The highest BCUT2D eigenvalue weighted by molar-refractivity contribution is 5.82. The van der Waals surface area contributed by atoms with Crippen LogP contribution in [-0.2, 0) is 9.59 Å². The first-order valence-electron chi connectivity index (χ1n) is 16.4. The first kappa shape index (κ1) is 36.6. The van der Waals surface area contributed by atoms with Crippen molar-refractivity contribution in [2.24, 2.45) is 21.7 Å². The Balaban J connectivity index is 1.52. The zero-order valence-corrected chi connectivity index (χ0v) is 29.9. The number of benzene rings is 2. The van der Waals surface area contributed by atoms with E-state index >= 15 is 0 Å². The van der Waals surface area contributed by atoms with Gasteiger partial charge in [-0.3, -0.25) is 9.59 Å². The lowest BCUT2D eigenvalue weighted by molar-refractivity contribution is -0.131. The summed E-state index contributed by atoms with van der Waals surface area (Å²) in [6.07, 6.45) is 3.64. The summed E-state index contributed by atoms with van der Waals surface area (Å²) in [4.78, 5) is 41.8. The molecule has 2 atom stereocenters. The smallest absolute Gasteiger partial charge is 0.225 e. The third-order valence-electron chi connectivity index (χ3n) is 8.73. The van der Waals surface area contributed by atoms with Crippen LogP contribution in [0, 0.1) is 21.7 Å². The second-order valence-electron chi connectivity index (χ2n) is 16.1. The Morgan fingerprint density at radius 3 is 1.15 bits per heavy atom. The average molecular weight is 657 g/mol. The third-order valence-corrected chi connectivity index (χ3v) is 8.73. The Bertz CT molecular complexity index is 1580. The van der Waals surface area contributed by atoms with Crippen LogP contribution in [0.5, 0.6) is 0 Å². The van der Waals surface area contributed by atoms with Crippen LogP contribution in [0.4, 0.5) is 0 Å². The first-order chi connectivity index (χ1) is 22.3. The van der Waals surface area contributed by atoms with Gasteiger partial charge in [0.15, 0.2) is 0 Å². The van der Waals surface area contributed by atoms with Crippen molar-refractivity contribution in [2.45, 2.75) is 81.3 Å². The Kier molecular flexibility index (Phi) is 10.4. The molecule has 4 rings (SSSR count). The van der Waals surface area contributed by atoms with Crippen LogP contribution in [-0.4, -0.2) is 55.2 Å². The van der Waals surface area contributed by atoms with Crippen LogP contribution in [0.1, 0.15) is 93.0 Å². The van der Waals surface area contributed by atoms with Gasteiger partial charge >= 0.3 is 0 Å². The normalized spacial score (nSPS) is 14.0. The Hall–Kier alpha value is -4.28. The van der Waals surface area contributed by atoms with Crippen LogP contribution in [0.3, 0.4) is 0 Å². The van der Waals surface area contributed by atoms with E-state index in [1.54, 1.807) is 0 Å². The minimum atomic E-state index is -0.635. The highest BCUT2D eigenvalue weighted by atomic mass is 16.3. The quantitative estimate of drug-likeness (QED) is 0.107. The number of amides is 2. The molecule has 2 heterocycles. The summed E-state index contributed by atoms with van der Waals surface area (Å²) in [6.45, 7) is 18.5. The topological polar surface area (TPSA) is 156 Å². The summed E-state index contributed by atoms with van der Waals surface area (Å²) >= 11 is 0. The van der Waals surface area contributed by atoms with Crippen LogP contribution < -0.4 is 10.6 Å². The number of aromatic nitrogens is 4. The molecular formula is C38H52N6O4. The summed E-state index contributed by atoms with van der Waals surface area (Å²) in [7, 11) is 0. The molecule has 10 heteroatoms. The molecule has 0 aliphatic carbocycles. The number of carbonyl (C=O) groups excluding carboxylic acids is 2. The molecule has 2 aromatic heterocycles. The molecule has 0 saturated carbocycles. The number of nitrogens with one attached hydrogen (secondary N) is 4. The van der Waals surface area contributed by atoms with Gasteiger partial charge in [0.2, 0.25) is 11.8 Å². The minimum absolute atomic E-state index is 0.116. The summed E-state index contributed by atoms with van der Waals surface area (Å²) in [5.41, 5.74) is 2.96. The van der Waals surface area contributed by atoms with Crippen molar-refractivity contribution in [1.82, 2.24) is 30.6 Å². The second kappa shape index (κ2) is 13.7. The largest absolute Gasteiger partial charge is 0.396 e. The fourth-order valence-electron chi connectivity index (χ4n) is 5.08. The standard InChI is InChI=1S/C38H52N6O4/c1-35(2,3)33(47)43-29(37(7,8)21-45)31-39-19-27(41-31)25-15-11-23(12-16-25)24-13-17-26(18-14-24)28-20-40-32(42-28)30(38(9,10)22-46)44-34(48)36(4,5)6/h11-20,29-30,45-46H,21-22H2,1-10H3,(H,39,41)(H,40,42)(H,43,47)(H,44,48). The van der Waals surface area contributed by atoms with Gasteiger partial charge in [-0.1, -0.05) is 118 Å². The van der Waals surface area contributed by atoms with Crippen molar-refractivity contribution in [3.05, 3.63) is 72.6 Å². The van der Waals surface area contributed by atoms with Crippen LogP contribution in [0.2, 0.25) is 0 Å². The molecule has 0 bridgehead atoms. The van der Waals surface area contributed by atoms with Gasteiger partial charge in [0.05, 0.1) is 36.7 Å². The number of aliphatic hydroxyl groups is 2. The van der Waals surface area contributed by atoms with Crippen molar-refractivity contribution < 1.29 is 19.8 Å². The third kappa shape index (κ3) is 8.22. The van der Waals surface area contributed by atoms with Gasteiger partial charge in [-0.05, 0) is 11.1 Å². The summed E-state index contributed by atoms with van der Waals surface area (Å²) < 4.78 is 0. The van der Waals surface area contributed by atoms with Crippen molar-refractivity contribution in [3.8, 4) is 33.6 Å². The van der Waals surface area contributed by atoms with Gasteiger partial charge < -0.3 is 30.8 Å². The lowest BCUT2D eigenvalue weighted by atomic mass is 9.83. The number of rotatable bonds is 11. The van der Waals surface area contributed by atoms with Gasteiger partial charge in [0.25, 0.3) is 0 Å². The lowest BCUT2D eigenvalue weighted by Gasteiger charge is -2.34. The molecule has 0 fully saturated rings. The van der Waals surface area contributed by atoms with Crippen molar-refractivity contribution >= 4 is 11.8 Å². The maximum Gasteiger partial charge on any atom is 0.225 e. The maximum absolute atomic E-state index is 12.8. The SMILES string of the molecule is CC(C)(C)C(=O)NC(c1nc(-c2ccc(-c3ccc(-c4c[nH]c(C(NC(=O)C(C)(C)C)C(C)(C)CO)n4)cc3)cc2)c[nH]1)C(C)(C)CO. The minimum Gasteiger partial charge on any atom is -0.396 e. The first-order valence-corrected chi connectivity index (χ1v) is 16.4. The van der Waals surface area contributed by atoms with E-state index in [9.17, 15) is 19.8 Å². The predicted octanol–water partition coefficient (Wildman–Crippen LogP) is 6.58. The molecule has 2 aromatic carbocycles. The highest BCUT2D eigenvalue weighted by Crippen LogP contribution is 2.36. The maximum atomic E-state index is 12.8. The predicted molar refractivity (Wildman–Crippen MR) is 189 cm³/mol. The van der Waals surface area contributed by atoms with E-state index in [2.05, 4.69) is 20.6 Å². The van der Waals surface area contributed by atoms with E-state index in [-0.39, 0.29) is 25.0 Å². The molecule has 2 amide bonds. The van der Waals surface area contributed by atoms with Gasteiger partial charge in [-0.25, -0.2) is 9.97 Å². The number of hydrogen-bond acceptors (Lipinski definition) is 6. The number of aliphatic hydroxyl groups excluding tert-OH is 2. The van der Waals surface area contributed by atoms with Gasteiger partial charge in [0.1, 0.15) is 11.6 Å². The molecule has 0 aliphatic heterocycles. The molecule has 258 valence electrons. The summed E-state index contributed by atoms with van der Waals surface area (Å²) in [5, 5.41) is 26.3. The molecule has 2 unspecified atom stereocenters. The number of nitrogens with zero attached hydrogens (tertiary/aromatic N) is 2. The monoisotopic (exact) mass is 656 g/mol. The summed E-state index contributed by atoms with van der Waals surface area (Å²) in [5.74, 6) is 0.945. The zero-order chi connectivity index (χ0) is 35.7. The van der Waals surface area contributed by atoms with Crippen molar-refractivity contribution in [3.63, 3.8) is 0 Å². The Morgan fingerprint density at radius 2 is 0.875 bits per heavy atom. The number of hydrogen-bond donors (Lipinski definition) is 6. The van der Waals surface area contributed by atoms with Gasteiger partial charge in [-0.15, -0.1) is 0 Å². The molecule has 0 spiro atoms. The van der Waals surface area contributed by atoms with Crippen molar-refractivity contribution in [1.29, 1.82) is 0 Å². The van der Waals surface area contributed by atoms with E-state index < -0.39 is 33.7 Å². The second-order valence-corrected chi connectivity index (χ2v) is 16.1. The lowest BCUT2D eigenvalue weighted by Crippen LogP contribution is -2.44. The zero-order valence-electron chi connectivity index (χ0n) is 29.9. The molecule has 4 aromatic rings. The van der Waals surface area contributed by atoms with E-state index in [1.807, 2.05) is 130 Å². The molecular weight excluding hydrogens is 604 g/mol. The molecule has 0 aliphatic rings. The average Bonchev–Trinajstić information content (AvgIpc) is 3.72. The van der Waals surface area contributed by atoms with E-state index in [0.717, 1.165) is 33.6 Å². The van der Waals surface area contributed by atoms with Gasteiger partial charge in [0, 0.05) is 45.2 Å². The molecule has 0 radical (unpaired) electrons. The number of carbonyl (C=O) groups is 2. The van der Waals surface area contributed by atoms with E-state index in [0.29, 0.717) is 11.6 Å². The van der Waals surface area contributed by atoms with Crippen molar-refractivity contribution in [2.75, 3.05) is 13.2 Å². The Morgan fingerprint density at radius 1 is 0.583 bits per heavy atom.